The topological polar surface area (TPSA) is 51.8 Å². The van der Waals surface area contributed by atoms with E-state index in [1.807, 2.05) is 12.3 Å². The molecule has 0 saturated heterocycles. The van der Waals surface area contributed by atoms with Crippen molar-refractivity contribution >= 4 is 43.5 Å². The Hall–Kier alpha value is -4.48. The van der Waals surface area contributed by atoms with E-state index < -0.39 is 13.7 Å². The molecule has 6 heteroatoms. The van der Waals surface area contributed by atoms with Gasteiger partial charge in [0.05, 0.1) is 15.3 Å². The van der Waals surface area contributed by atoms with Crippen LogP contribution in [-0.2, 0) is 25.5 Å². The summed E-state index contributed by atoms with van der Waals surface area (Å²) in [5, 5.41) is 3.27. The number of benzene rings is 4. The van der Waals surface area contributed by atoms with E-state index in [-0.39, 0.29) is 36.6 Å². The van der Waals surface area contributed by atoms with E-state index in [0.717, 1.165) is 48.4 Å². The molecule has 0 amide bonds. The largest absolute Gasteiger partial charge is 0.498 e. The van der Waals surface area contributed by atoms with Crippen molar-refractivity contribution in [3.63, 3.8) is 0 Å². The molecule has 0 aliphatic rings. The first kappa shape index (κ1) is 30.0. The third kappa shape index (κ3) is 7.25. The molecule has 0 N–H and O–H groups in total. The molecule has 0 unspecified atom stereocenters. The molecule has 0 aliphatic heterocycles. The Bertz CT molecular complexity index is 2670. The van der Waals surface area contributed by atoms with Gasteiger partial charge in [0.15, 0.2) is 0 Å². The van der Waals surface area contributed by atoms with Gasteiger partial charge in [0.25, 0.3) is 0 Å². The molecule has 4 heterocycles. The molecule has 8 aromatic rings. The van der Waals surface area contributed by atoms with E-state index in [0.29, 0.717) is 17.2 Å². The number of thiazole rings is 1. The molecule has 1 radical (unpaired) electrons. The van der Waals surface area contributed by atoms with Gasteiger partial charge in [-0.15, -0.1) is 64.9 Å². The molecule has 0 bridgehead atoms. The number of hydrogen-bond donors (Lipinski definition) is 0. The summed E-state index contributed by atoms with van der Waals surface area (Å²) in [7, 11) is 0. The maximum absolute atomic E-state index is 7.28. The fraction of sp³-hybridized carbons (Fsp3) is 0.239. The van der Waals surface area contributed by atoms with Gasteiger partial charge < -0.3 is 14.4 Å². The Morgan fingerprint density at radius 1 is 0.808 bits per heavy atom. The van der Waals surface area contributed by atoms with E-state index in [1.54, 1.807) is 23.5 Å². The van der Waals surface area contributed by atoms with E-state index in [4.69, 9.17) is 22.6 Å². The molecule has 8 rings (SSSR count). The van der Waals surface area contributed by atoms with Crippen molar-refractivity contribution < 1.29 is 32.7 Å². The van der Waals surface area contributed by atoms with Crippen LogP contribution >= 0.6 is 11.3 Å². The van der Waals surface area contributed by atoms with Crippen molar-refractivity contribution in [2.24, 2.45) is 0 Å². The summed E-state index contributed by atoms with van der Waals surface area (Å²) in [4.78, 5) is 14.0. The second-order valence-electron chi connectivity index (χ2n) is 14.3. The zero-order chi connectivity index (χ0) is 41.0. The van der Waals surface area contributed by atoms with Crippen LogP contribution in [0.25, 0.3) is 65.8 Å². The van der Waals surface area contributed by atoms with Crippen molar-refractivity contribution in [3.05, 3.63) is 136 Å². The van der Waals surface area contributed by atoms with Crippen LogP contribution in [0.3, 0.4) is 0 Å². The fourth-order valence-electron chi connectivity index (χ4n) is 6.37. The SMILES string of the molecule is Cc1cccc(C)c1-c1cnc(-c2[c-]ccc3c2oc2c3ccc3sc(C(C)(C)C)nc32)cc1C(C)C.[2H]C([2H])([2H])c1c[c-]c(-c2ccc(C([2H])([2H])[2H])cn2)cc1.[Ir]. The van der Waals surface area contributed by atoms with Gasteiger partial charge >= 0.3 is 0 Å². The van der Waals surface area contributed by atoms with Crippen LogP contribution < -0.4 is 0 Å². The van der Waals surface area contributed by atoms with Gasteiger partial charge in [-0.25, -0.2) is 4.98 Å². The van der Waals surface area contributed by atoms with Gasteiger partial charge in [-0.1, -0.05) is 94.9 Å². The second kappa shape index (κ2) is 14.9. The summed E-state index contributed by atoms with van der Waals surface area (Å²) in [6.45, 7) is 11.1. The quantitative estimate of drug-likeness (QED) is 0.165. The summed E-state index contributed by atoms with van der Waals surface area (Å²) in [5.74, 6) is 0.344. The number of aromatic nitrogens is 3. The maximum atomic E-state index is 7.28. The van der Waals surface area contributed by atoms with Crippen LogP contribution in [0.2, 0.25) is 0 Å². The van der Waals surface area contributed by atoms with Gasteiger partial charge in [0.2, 0.25) is 0 Å². The van der Waals surface area contributed by atoms with Crippen molar-refractivity contribution in [3.8, 4) is 33.6 Å². The first-order valence-corrected chi connectivity index (χ1v) is 17.9. The molecule has 0 atom stereocenters. The molecule has 4 aromatic heterocycles. The zero-order valence-corrected chi connectivity index (χ0v) is 33.4. The van der Waals surface area contributed by atoms with Crippen molar-refractivity contribution in [1.29, 1.82) is 0 Å². The van der Waals surface area contributed by atoms with Crippen LogP contribution in [0.15, 0.2) is 95.7 Å². The molecular formula is C46H43IrN3OS-2. The molecule has 0 fully saturated rings. The molecule has 52 heavy (non-hydrogen) atoms. The van der Waals surface area contributed by atoms with Gasteiger partial charge in [0.1, 0.15) is 11.1 Å². The summed E-state index contributed by atoms with van der Waals surface area (Å²) >= 11 is 1.75. The minimum Gasteiger partial charge on any atom is -0.498 e. The average molecular weight is 884 g/mol. The Morgan fingerprint density at radius 3 is 2.19 bits per heavy atom. The number of aryl methyl sites for hydroxylation is 4. The maximum Gasteiger partial charge on any atom is 0.148 e. The van der Waals surface area contributed by atoms with Crippen molar-refractivity contribution in [2.45, 2.75) is 73.5 Å². The van der Waals surface area contributed by atoms with E-state index in [2.05, 4.69) is 108 Å². The summed E-state index contributed by atoms with van der Waals surface area (Å²) < 4.78 is 51.4. The van der Waals surface area contributed by atoms with Crippen LogP contribution in [-0.4, -0.2) is 15.0 Å². The standard InChI is InChI=1S/C33H31N2OS.C13H12N.Ir/c1-18(2)24-16-26(34-17-25(24)28-19(3)10-8-11-20(28)4)23-13-9-12-21-22-14-15-27-29(31(22)36-30(21)23)35-32(37-27)33(5,6)7;1-10-3-6-12(7-4-10)13-8-5-11(2)9-14-13;/h8-12,14-18H,1-7H3;3-6,8-9H,1-2H3;/q2*-1;/i;1D3,2D3;. The number of pyridine rings is 2. The Labute approximate surface area is 333 Å². The number of furan rings is 1. The zero-order valence-electron chi connectivity index (χ0n) is 36.2. The first-order valence-electron chi connectivity index (χ1n) is 20.0. The summed E-state index contributed by atoms with van der Waals surface area (Å²) in [6, 6.07) is 31.0. The van der Waals surface area contributed by atoms with Gasteiger partial charge in [0, 0.05) is 57.1 Å². The van der Waals surface area contributed by atoms with Crippen LogP contribution in [0.4, 0.5) is 0 Å². The number of rotatable bonds is 4. The van der Waals surface area contributed by atoms with Crippen molar-refractivity contribution in [1.82, 2.24) is 15.0 Å². The van der Waals surface area contributed by atoms with Crippen LogP contribution in [0.5, 0.6) is 0 Å². The molecule has 4 nitrogen and oxygen atoms in total. The molecule has 0 saturated carbocycles. The summed E-state index contributed by atoms with van der Waals surface area (Å²) in [5.41, 5.74) is 12.2. The Morgan fingerprint density at radius 2 is 1.54 bits per heavy atom. The van der Waals surface area contributed by atoms with E-state index in [1.165, 1.54) is 52.2 Å². The Balaban J connectivity index is 0.000000230. The van der Waals surface area contributed by atoms with E-state index >= 15 is 0 Å². The molecule has 265 valence electrons. The molecule has 0 aliphatic carbocycles. The van der Waals surface area contributed by atoms with Gasteiger partial charge in [-0.3, -0.25) is 0 Å². The number of fused-ring (bicyclic) bond motifs is 5. The minimum absolute atomic E-state index is 0. The van der Waals surface area contributed by atoms with E-state index in [9.17, 15) is 0 Å². The average Bonchev–Trinajstić information content (AvgIpc) is 3.77. The molecule has 4 aromatic carbocycles. The number of nitrogens with zero attached hydrogens (tertiary/aromatic N) is 3. The van der Waals surface area contributed by atoms with Gasteiger partial charge in [-0.05, 0) is 71.9 Å². The normalized spacial score (nSPS) is 13.8. The third-order valence-corrected chi connectivity index (χ3v) is 10.5. The van der Waals surface area contributed by atoms with Crippen molar-refractivity contribution in [2.75, 3.05) is 0 Å². The van der Waals surface area contributed by atoms with Crippen LogP contribution in [0, 0.1) is 39.7 Å². The monoisotopic (exact) mass is 884 g/mol. The smallest absolute Gasteiger partial charge is 0.148 e. The predicted octanol–water partition coefficient (Wildman–Crippen LogP) is 12.9. The second-order valence-corrected chi connectivity index (χ2v) is 15.3. The molecular weight excluding hydrogens is 835 g/mol. The summed E-state index contributed by atoms with van der Waals surface area (Å²) in [6.07, 6.45) is 3.33. The van der Waals surface area contributed by atoms with Gasteiger partial charge in [-0.2, -0.15) is 0 Å². The first-order chi connectivity index (χ1) is 26.8. The number of hydrogen-bond acceptors (Lipinski definition) is 5. The molecule has 0 spiro atoms. The third-order valence-electron chi connectivity index (χ3n) is 9.02. The van der Waals surface area contributed by atoms with Crippen LogP contribution in [0.1, 0.15) is 81.6 Å². The fourth-order valence-corrected chi connectivity index (χ4v) is 7.39. The minimum atomic E-state index is -2.18. The predicted molar refractivity (Wildman–Crippen MR) is 215 cm³/mol. The Kier molecular flexibility index (Phi) is 8.59.